The molecule has 1 aromatic carbocycles. The second kappa shape index (κ2) is 11.2. The quantitative estimate of drug-likeness (QED) is 0.371. The van der Waals surface area contributed by atoms with Gasteiger partial charge in [-0.1, -0.05) is 35.5 Å². The molecule has 1 unspecified atom stereocenters. The fourth-order valence-corrected chi connectivity index (χ4v) is 3.19. The van der Waals surface area contributed by atoms with E-state index in [4.69, 9.17) is 4.52 Å². The van der Waals surface area contributed by atoms with E-state index in [1.54, 1.807) is 6.26 Å². The van der Waals surface area contributed by atoms with Gasteiger partial charge in [-0.25, -0.2) is 4.99 Å². The SMILES string of the molecule is CCNC(=NCc1ccon1)NCC1CCCN1Cc1ccccc1.I. The molecular weight excluding hydrogens is 441 g/mol. The number of aliphatic imine (C=N–C) groups is 1. The van der Waals surface area contributed by atoms with E-state index in [0.29, 0.717) is 12.6 Å². The average molecular weight is 469 g/mol. The summed E-state index contributed by atoms with van der Waals surface area (Å²) in [6, 6.07) is 13.1. The van der Waals surface area contributed by atoms with Crippen molar-refractivity contribution in [1.82, 2.24) is 20.7 Å². The van der Waals surface area contributed by atoms with Crippen molar-refractivity contribution in [1.29, 1.82) is 0 Å². The number of nitrogens with zero attached hydrogens (tertiary/aromatic N) is 3. The Hall–Kier alpha value is -1.61. The van der Waals surface area contributed by atoms with Crippen molar-refractivity contribution in [3.63, 3.8) is 0 Å². The third kappa shape index (κ3) is 6.28. The summed E-state index contributed by atoms with van der Waals surface area (Å²) in [4.78, 5) is 7.14. The van der Waals surface area contributed by atoms with Gasteiger partial charge in [0, 0.05) is 31.7 Å². The van der Waals surface area contributed by atoms with Crippen molar-refractivity contribution < 1.29 is 4.52 Å². The lowest BCUT2D eigenvalue weighted by Gasteiger charge is -2.25. The normalized spacial score (nSPS) is 17.7. The molecule has 26 heavy (non-hydrogen) atoms. The Morgan fingerprint density at radius 2 is 2.12 bits per heavy atom. The standard InChI is InChI=1S/C19H27N5O.HI/c1-2-20-19(21-13-17-10-12-25-23-17)22-14-18-9-6-11-24(18)15-16-7-4-3-5-8-16;/h3-5,7-8,10,12,18H,2,6,9,11,13-15H2,1H3,(H2,20,21,22);1H. The molecule has 0 spiro atoms. The van der Waals surface area contributed by atoms with Crippen LogP contribution in [0.3, 0.4) is 0 Å². The zero-order valence-electron chi connectivity index (χ0n) is 15.2. The largest absolute Gasteiger partial charge is 0.364 e. The predicted molar refractivity (Wildman–Crippen MR) is 115 cm³/mol. The van der Waals surface area contributed by atoms with E-state index in [2.05, 4.69) is 62.9 Å². The Morgan fingerprint density at radius 1 is 1.27 bits per heavy atom. The molecular formula is C19H28IN5O. The molecule has 0 amide bonds. The summed E-state index contributed by atoms with van der Waals surface area (Å²) >= 11 is 0. The Bertz CT molecular complexity index is 647. The van der Waals surface area contributed by atoms with Gasteiger partial charge in [0.25, 0.3) is 0 Å². The Labute approximate surface area is 172 Å². The number of benzene rings is 1. The van der Waals surface area contributed by atoms with Crippen LogP contribution >= 0.6 is 24.0 Å². The average Bonchev–Trinajstić information content (AvgIpc) is 3.30. The van der Waals surface area contributed by atoms with E-state index in [9.17, 15) is 0 Å². The minimum atomic E-state index is 0. The molecule has 1 aliphatic rings. The minimum absolute atomic E-state index is 0. The van der Waals surface area contributed by atoms with Gasteiger partial charge in [-0.2, -0.15) is 0 Å². The molecule has 142 valence electrons. The highest BCUT2D eigenvalue weighted by molar-refractivity contribution is 14.0. The summed E-state index contributed by atoms with van der Waals surface area (Å²) in [5.41, 5.74) is 2.21. The highest BCUT2D eigenvalue weighted by Crippen LogP contribution is 2.19. The number of aromatic nitrogens is 1. The van der Waals surface area contributed by atoms with Crippen molar-refractivity contribution in [2.24, 2.45) is 4.99 Å². The molecule has 7 heteroatoms. The highest BCUT2D eigenvalue weighted by atomic mass is 127. The summed E-state index contributed by atoms with van der Waals surface area (Å²) in [5.74, 6) is 0.831. The molecule has 1 aliphatic heterocycles. The Balaban J connectivity index is 0.00000243. The maximum Gasteiger partial charge on any atom is 0.191 e. The lowest BCUT2D eigenvalue weighted by molar-refractivity contribution is 0.245. The molecule has 2 N–H and O–H groups in total. The molecule has 0 bridgehead atoms. The third-order valence-corrected chi connectivity index (χ3v) is 4.47. The maximum absolute atomic E-state index is 4.85. The first-order valence-electron chi connectivity index (χ1n) is 9.04. The molecule has 1 atom stereocenters. The first kappa shape index (κ1) is 20.7. The van der Waals surface area contributed by atoms with Crippen molar-refractivity contribution in [2.45, 2.75) is 38.9 Å². The van der Waals surface area contributed by atoms with Crippen molar-refractivity contribution in [3.8, 4) is 0 Å². The molecule has 6 nitrogen and oxygen atoms in total. The van der Waals surface area contributed by atoms with Crippen LogP contribution in [0, 0.1) is 0 Å². The van der Waals surface area contributed by atoms with Gasteiger partial charge in [0.1, 0.15) is 12.0 Å². The summed E-state index contributed by atoms with van der Waals surface area (Å²) < 4.78 is 4.85. The van der Waals surface area contributed by atoms with Crippen LogP contribution in [0.2, 0.25) is 0 Å². The minimum Gasteiger partial charge on any atom is -0.364 e. The maximum atomic E-state index is 4.85. The summed E-state index contributed by atoms with van der Waals surface area (Å²) in [5, 5.41) is 10.7. The summed E-state index contributed by atoms with van der Waals surface area (Å²) in [6.07, 6.45) is 4.06. The third-order valence-electron chi connectivity index (χ3n) is 4.47. The van der Waals surface area contributed by atoms with E-state index >= 15 is 0 Å². The first-order valence-corrected chi connectivity index (χ1v) is 9.04. The number of rotatable bonds is 7. The van der Waals surface area contributed by atoms with Gasteiger partial charge in [-0.05, 0) is 31.9 Å². The fourth-order valence-electron chi connectivity index (χ4n) is 3.19. The molecule has 0 saturated carbocycles. The lowest BCUT2D eigenvalue weighted by Crippen LogP contribution is -2.44. The molecule has 1 saturated heterocycles. The Morgan fingerprint density at radius 3 is 2.85 bits per heavy atom. The van der Waals surface area contributed by atoms with Gasteiger partial charge >= 0.3 is 0 Å². The van der Waals surface area contributed by atoms with Gasteiger partial charge in [-0.15, -0.1) is 24.0 Å². The van der Waals surface area contributed by atoms with Crippen LogP contribution in [-0.2, 0) is 13.1 Å². The van der Waals surface area contributed by atoms with E-state index in [-0.39, 0.29) is 24.0 Å². The van der Waals surface area contributed by atoms with Gasteiger partial charge in [0.2, 0.25) is 0 Å². The number of likely N-dealkylation sites (tertiary alicyclic amines) is 1. The topological polar surface area (TPSA) is 65.7 Å². The smallest absolute Gasteiger partial charge is 0.191 e. The van der Waals surface area contributed by atoms with Crippen LogP contribution in [0.25, 0.3) is 0 Å². The van der Waals surface area contributed by atoms with Crippen LogP contribution in [-0.4, -0.2) is 41.7 Å². The second-order valence-corrected chi connectivity index (χ2v) is 6.32. The number of halogens is 1. The summed E-state index contributed by atoms with van der Waals surface area (Å²) in [6.45, 7) is 6.50. The molecule has 0 radical (unpaired) electrons. The zero-order valence-corrected chi connectivity index (χ0v) is 17.6. The lowest BCUT2D eigenvalue weighted by atomic mass is 10.2. The predicted octanol–water partition coefficient (Wildman–Crippen LogP) is 3.01. The van der Waals surface area contributed by atoms with Crippen LogP contribution in [0.1, 0.15) is 31.0 Å². The number of hydrogen-bond donors (Lipinski definition) is 2. The van der Waals surface area contributed by atoms with Crippen LogP contribution in [0.15, 0.2) is 52.2 Å². The van der Waals surface area contributed by atoms with Gasteiger partial charge in [0.15, 0.2) is 5.96 Å². The summed E-state index contributed by atoms with van der Waals surface area (Å²) in [7, 11) is 0. The zero-order chi connectivity index (χ0) is 17.3. The van der Waals surface area contributed by atoms with Crippen molar-refractivity contribution in [3.05, 3.63) is 53.9 Å². The van der Waals surface area contributed by atoms with Gasteiger partial charge in [0.05, 0.1) is 6.54 Å². The Kier molecular flexibility index (Phi) is 8.90. The van der Waals surface area contributed by atoms with Crippen molar-refractivity contribution in [2.75, 3.05) is 19.6 Å². The first-order chi connectivity index (χ1) is 12.3. The molecule has 0 aliphatic carbocycles. The number of nitrogens with one attached hydrogen (secondary N) is 2. The van der Waals surface area contributed by atoms with Gasteiger partial charge in [-0.3, -0.25) is 4.90 Å². The van der Waals surface area contributed by atoms with E-state index in [1.807, 2.05) is 6.07 Å². The second-order valence-electron chi connectivity index (χ2n) is 6.32. The van der Waals surface area contributed by atoms with E-state index < -0.39 is 0 Å². The number of hydrogen-bond acceptors (Lipinski definition) is 4. The van der Waals surface area contributed by atoms with Gasteiger partial charge < -0.3 is 15.2 Å². The molecule has 3 rings (SSSR count). The van der Waals surface area contributed by atoms with Crippen LogP contribution in [0.4, 0.5) is 0 Å². The van der Waals surface area contributed by atoms with E-state index in [0.717, 1.165) is 37.8 Å². The van der Waals surface area contributed by atoms with Crippen molar-refractivity contribution >= 4 is 29.9 Å². The van der Waals surface area contributed by atoms with E-state index in [1.165, 1.54) is 18.4 Å². The van der Waals surface area contributed by atoms with Crippen LogP contribution < -0.4 is 10.6 Å². The molecule has 2 aromatic rings. The highest BCUT2D eigenvalue weighted by Gasteiger charge is 2.24. The molecule has 1 aromatic heterocycles. The monoisotopic (exact) mass is 469 g/mol. The molecule has 1 fully saturated rings. The van der Waals surface area contributed by atoms with Crippen LogP contribution in [0.5, 0.6) is 0 Å². The fraction of sp³-hybridized carbons (Fsp3) is 0.474. The number of guanidine groups is 1. The molecule has 2 heterocycles.